The van der Waals surface area contributed by atoms with Gasteiger partial charge >= 0.3 is 0 Å². The largest absolute Gasteiger partial charge is 0.396 e. The third-order valence-corrected chi connectivity index (χ3v) is 5.63. The maximum absolute atomic E-state index is 8.74. The molecule has 26 heavy (non-hydrogen) atoms. The highest BCUT2D eigenvalue weighted by atomic mass is 16.5. The second-order valence-corrected chi connectivity index (χ2v) is 8.24. The van der Waals surface area contributed by atoms with Gasteiger partial charge in [0.2, 0.25) is 0 Å². The molecule has 1 aliphatic heterocycles. The Kier molecular flexibility index (Phi) is 16.8. The minimum atomic E-state index is 0.268. The molecule has 0 amide bonds. The van der Waals surface area contributed by atoms with Gasteiger partial charge in [0.15, 0.2) is 0 Å². The van der Waals surface area contributed by atoms with Crippen LogP contribution in [0.25, 0.3) is 0 Å². The maximum Gasteiger partial charge on any atom is 0.0812 e. The van der Waals surface area contributed by atoms with Crippen molar-refractivity contribution in [2.24, 2.45) is 5.92 Å². The molecule has 1 aliphatic rings. The first-order valence-corrected chi connectivity index (χ1v) is 11.7. The van der Waals surface area contributed by atoms with Gasteiger partial charge in [0.25, 0.3) is 0 Å². The lowest BCUT2D eigenvalue weighted by atomic mass is 9.97. The summed E-state index contributed by atoms with van der Waals surface area (Å²) in [6.07, 6.45) is 21.7. The Morgan fingerprint density at radius 3 is 2.04 bits per heavy atom. The van der Waals surface area contributed by atoms with Crippen molar-refractivity contribution in [1.82, 2.24) is 0 Å². The van der Waals surface area contributed by atoms with Crippen LogP contribution in [-0.4, -0.2) is 37.6 Å². The summed E-state index contributed by atoms with van der Waals surface area (Å²) < 4.78 is 11.5. The van der Waals surface area contributed by atoms with Crippen molar-refractivity contribution in [2.75, 3.05) is 26.4 Å². The molecule has 0 aliphatic carbocycles. The molecule has 0 bridgehead atoms. The maximum atomic E-state index is 8.74. The highest BCUT2D eigenvalue weighted by Gasteiger charge is 2.24. The fourth-order valence-corrected chi connectivity index (χ4v) is 3.90. The molecule has 1 rings (SSSR count). The lowest BCUT2D eigenvalue weighted by Crippen LogP contribution is -2.15. The molecule has 0 aromatic carbocycles. The summed E-state index contributed by atoms with van der Waals surface area (Å²) in [6.45, 7) is 4.98. The fourth-order valence-electron chi connectivity index (χ4n) is 3.90. The molecule has 3 nitrogen and oxygen atoms in total. The molecule has 0 unspecified atom stereocenters. The fraction of sp³-hybridized carbons (Fsp3) is 1.00. The van der Waals surface area contributed by atoms with E-state index in [9.17, 15) is 0 Å². The van der Waals surface area contributed by atoms with Crippen molar-refractivity contribution in [3.8, 4) is 0 Å². The van der Waals surface area contributed by atoms with Crippen LogP contribution in [0.2, 0.25) is 0 Å². The number of hydrogen-bond donors (Lipinski definition) is 1. The number of aliphatic hydroxyl groups excluding tert-OH is 1. The zero-order valence-corrected chi connectivity index (χ0v) is 17.6. The molecule has 0 saturated carbocycles. The van der Waals surface area contributed by atoms with Crippen molar-refractivity contribution < 1.29 is 14.6 Å². The second-order valence-electron chi connectivity index (χ2n) is 8.24. The van der Waals surface area contributed by atoms with Crippen LogP contribution in [0.5, 0.6) is 0 Å². The van der Waals surface area contributed by atoms with Crippen LogP contribution in [0.3, 0.4) is 0 Å². The van der Waals surface area contributed by atoms with Gasteiger partial charge in [-0.05, 0) is 31.6 Å². The van der Waals surface area contributed by atoms with Crippen molar-refractivity contribution >= 4 is 0 Å². The molecule has 0 spiro atoms. The minimum Gasteiger partial charge on any atom is -0.396 e. The highest BCUT2D eigenvalue weighted by molar-refractivity contribution is 4.73. The first-order valence-electron chi connectivity index (χ1n) is 11.7. The van der Waals surface area contributed by atoms with Gasteiger partial charge in [-0.3, -0.25) is 0 Å². The first-order chi connectivity index (χ1) is 12.9. The number of ether oxygens (including phenoxy) is 2. The Labute approximate surface area is 163 Å². The molecule has 1 fully saturated rings. The summed E-state index contributed by atoms with van der Waals surface area (Å²) in [4.78, 5) is 0. The highest BCUT2D eigenvalue weighted by Crippen LogP contribution is 2.25. The van der Waals surface area contributed by atoms with Gasteiger partial charge < -0.3 is 14.6 Å². The topological polar surface area (TPSA) is 38.7 Å². The Hall–Kier alpha value is -0.120. The zero-order valence-electron chi connectivity index (χ0n) is 17.6. The Morgan fingerprint density at radius 1 is 0.808 bits per heavy atom. The quantitative estimate of drug-likeness (QED) is 0.272. The van der Waals surface area contributed by atoms with Crippen molar-refractivity contribution in [3.63, 3.8) is 0 Å². The lowest BCUT2D eigenvalue weighted by molar-refractivity contribution is 0.0146. The van der Waals surface area contributed by atoms with Crippen LogP contribution in [0.1, 0.15) is 110 Å². The summed E-state index contributed by atoms with van der Waals surface area (Å²) in [7, 11) is 0. The summed E-state index contributed by atoms with van der Waals surface area (Å²) in [5.41, 5.74) is 0. The van der Waals surface area contributed by atoms with E-state index in [0.29, 0.717) is 6.10 Å². The van der Waals surface area contributed by atoms with E-state index in [4.69, 9.17) is 14.6 Å². The molecule has 156 valence electrons. The molecule has 1 N–H and O–H groups in total. The molecule has 0 aromatic heterocycles. The third kappa shape index (κ3) is 14.0. The normalized spacial score (nSPS) is 20.1. The summed E-state index contributed by atoms with van der Waals surface area (Å²) in [5.74, 6) is 0.754. The van der Waals surface area contributed by atoms with Gasteiger partial charge in [-0.2, -0.15) is 0 Å². The van der Waals surface area contributed by atoms with E-state index in [1.54, 1.807) is 0 Å². The number of hydrogen-bond acceptors (Lipinski definition) is 3. The van der Waals surface area contributed by atoms with E-state index in [-0.39, 0.29) is 6.61 Å². The molecule has 2 atom stereocenters. The van der Waals surface area contributed by atoms with E-state index in [2.05, 4.69) is 6.92 Å². The second kappa shape index (κ2) is 18.3. The van der Waals surface area contributed by atoms with Gasteiger partial charge in [0.05, 0.1) is 12.7 Å². The van der Waals surface area contributed by atoms with E-state index in [0.717, 1.165) is 38.6 Å². The molecule has 0 radical (unpaired) electrons. The first kappa shape index (κ1) is 23.9. The molecule has 1 saturated heterocycles. The van der Waals surface area contributed by atoms with Crippen molar-refractivity contribution in [1.29, 1.82) is 0 Å². The molecule has 1 heterocycles. The van der Waals surface area contributed by atoms with Gasteiger partial charge in [0, 0.05) is 19.8 Å². The molecule has 3 heteroatoms. The van der Waals surface area contributed by atoms with Crippen LogP contribution in [-0.2, 0) is 9.47 Å². The molecular formula is C23H46O3. The summed E-state index contributed by atoms with van der Waals surface area (Å²) >= 11 is 0. The smallest absolute Gasteiger partial charge is 0.0812 e. The number of aliphatic hydroxyl groups is 1. The molecular weight excluding hydrogens is 324 g/mol. The van der Waals surface area contributed by atoms with E-state index in [1.165, 1.54) is 89.9 Å². The summed E-state index contributed by atoms with van der Waals surface area (Å²) in [5, 5.41) is 8.74. The van der Waals surface area contributed by atoms with Crippen LogP contribution < -0.4 is 0 Å². The number of unbranched alkanes of at least 4 members (excludes halogenated alkanes) is 12. The monoisotopic (exact) mass is 370 g/mol. The predicted molar refractivity (Wildman–Crippen MR) is 111 cm³/mol. The number of rotatable bonds is 19. The predicted octanol–water partition coefficient (Wildman–Crippen LogP) is 6.27. The average Bonchev–Trinajstić information content (AvgIpc) is 3.10. The van der Waals surface area contributed by atoms with Crippen LogP contribution in [0.4, 0.5) is 0 Å². The van der Waals surface area contributed by atoms with Gasteiger partial charge in [-0.25, -0.2) is 0 Å². The Balaban J connectivity index is 1.79. The van der Waals surface area contributed by atoms with E-state index < -0.39 is 0 Å². The van der Waals surface area contributed by atoms with E-state index >= 15 is 0 Å². The SMILES string of the molecule is CCCCCCCCCCCCCC[C@@H]1CO[C@@H](COCCCCO)C1. The average molecular weight is 371 g/mol. The third-order valence-electron chi connectivity index (χ3n) is 5.63. The summed E-state index contributed by atoms with van der Waals surface area (Å²) in [6, 6.07) is 0. The van der Waals surface area contributed by atoms with Crippen LogP contribution in [0.15, 0.2) is 0 Å². The van der Waals surface area contributed by atoms with E-state index in [1.807, 2.05) is 0 Å². The van der Waals surface area contributed by atoms with Crippen molar-refractivity contribution in [3.05, 3.63) is 0 Å². The zero-order chi connectivity index (χ0) is 18.7. The Morgan fingerprint density at radius 2 is 1.42 bits per heavy atom. The molecule has 0 aromatic rings. The van der Waals surface area contributed by atoms with Crippen LogP contribution >= 0.6 is 0 Å². The minimum absolute atomic E-state index is 0.268. The Bertz CT molecular complexity index is 283. The van der Waals surface area contributed by atoms with Crippen molar-refractivity contribution in [2.45, 2.75) is 116 Å². The lowest BCUT2D eigenvalue weighted by Gasteiger charge is -2.10. The van der Waals surface area contributed by atoms with Gasteiger partial charge in [-0.1, -0.05) is 84.0 Å². The van der Waals surface area contributed by atoms with Gasteiger partial charge in [0.1, 0.15) is 0 Å². The van der Waals surface area contributed by atoms with Gasteiger partial charge in [-0.15, -0.1) is 0 Å². The van der Waals surface area contributed by atoms with Crippen LogP contribution in [0, 0.1) is 5.92 Å². The standard InChI is InChI=1S/C23H46O3/c1-2-3-4-5-6-7-8-9-10-11-12-13-16-22-19-23(26-20-22)21-25-18-15-14-17-24/h22-24H,2-21H2,1H3/t22-,23+/m0/s1.